The molecule has 1 N–H and O–H groups in total. The summed E-state index contributed by atoms with van der Waals surface area (Å²) in [6, 6.07) is 0.428. The van der Waals surface area contributed by atoms with E-state index in [1.54, 1.807) is 0 Å². The molecule has 0 aromatic carbocycles. The zero-order valence-electron chi connectivity index (χ0n) is 14.1. The molecule has 1 aliphatic rings. The van der Waals surface area contributed by atoms with Crippen LogP contribution in [0.2, 0.25) is 0 Å². The van der Waals surface area contributed by atoms with Gasteiger partial charge in [-0.15, -0.1) is 0 Å². The van der Waals surface area contributed by atoms with Gasteiger partial charge in [0.2, 0.25) is 5.91 Å². The first-order valence-corrected chi connectivity index (χ1v) is 8.59. The van der Waals surface area contributed by atoms with Gasteiger partial charge in [0.15, 0.2) is 0 Å². The van der Waals surface area contributed by atoms with Gasteiger partial charge in [-0.1, -0.05) is 53.4 Å². The van der Waals surface area contributed by atoms with E-state index in [1.807, 2.05) is 0 Å². The van der Waals surface area contributed by atoms with Crippen LogP contribution in [0.15, 0.2) is 0 Å². The number of amides is 1. The van der Waals surface area contributed by atoms with Crippen molar-refractivity contribution in [3.05, 3.63) is 0 Å². The van der Waals surface area contributed by atoms with E-state index in [2.05, 4.69) is 44.8 Å². The molecule has 0 radical (unpaired) electrons. The molecule has 1 aliphatic heterocycles. The lowest BCUT2D eigenvalue weighted by Crippen LogP contribution is -2.42. The fourth-order valence-electron chi connectivity index (χ4n) is 3.13. The number of hydrogen-bond donors (Lipinski definition) is 1. The van der Waals surface area contributed by atoms with Crippen LogP contribution in [-0.2, 0) is 4.79 Å². The smallest absolute Gasteiger partial charge is 0.241 e. The molecule has 1 fully saturated rings. The molecular weight excluding hydrogens is 248 g/mol. The van der Waals surface area contributed by atoms with E-state index in [4.69, 9.17) is 0 Å². The van der Waals surface area contributed by atoms with Crippen LogP contribution in [0.5, 0.6) is 0 Å². The van der Waals surface area contributed by atoms with Gasteiger partial charge in [0, 0.05) is 6.04 Å². The van der Waals surface area contributed by atoms with Crippen molar-refractivity contribution in [3.8, 4) is 0 Å². The summed E-state index contributed by atoms with van der Waals surface area (Å²) in [6.07, 6.45) is 8.14. The van der Waals surface area contributed by atoms with Crippen LogP contribution in [0.4, 0.5) is 0 Å². The molecule has 1 saturated heterocycles. The fraction of sp³-hybridized carbons (Fsp3) is 0.941. The summed E-state index contributed by atoms with van der Waals surface area (Å²) in [5.74, 6) is 1.09. The normalized spacial score (nSPS) is 24.7. The predicted octanol–water partition coefficient (Wildman–Crippen LogP) is 3.93. The average molecular weight is 282 g/mol. The highest BCUT2D eigenvalue weighted by Gasteiger charge is 2.39. The van der Waals surface area contributed by atoms with E-state index < -0.39 is 0 Å². The molecule has 0 spiro atoms. The van der Waals surface area contributed by atoms with Gasteiger partial charge in [-0.05, 0) is 32.1 Å². The van der Waals surface area contributed by atoms with Crippen LogP contribution in [0, 0.1) is 5.92 Å². The van der Waals surface area contributed by atoms with Crippen molar-refractivity contribution < 1.29 is 4.79 Å². The molecule has 0 aromatic rings. The molecule has 0 bridgehead atoms. The third-order valence-electron chi connectivity index (χ3n) is 4.39. The molecule has 1 rings (SSSR count). The Labute approximate surface area is 125 Å². The van der Waals surface area contributed by atoms with Gasteiger partial charge < -0.3 is 4.90 Å². The first kappa shape index (κ1) is 17.5. The Kier molecular flexibility index (Phi) is 7.57. The van der Waals surface area contributed by atoms with E-state index >= 15 is 0 Å². The second-order valence-electron chi connectivity index (χ2n) is 6.70. The molecule has 3 atom stereocenters. The highest BCUT2D eigenvalue weighted by Crippen LogP contribution is 2.23. The Morgan fingerprint density at radius 1 is 1.15 bits per heavy atom. The summed E-state index contributed by atoms with van der Waals surface area (Å²) in [7, 11) is 0. The van der Waals surface area contributed by atoms with Gasteiger partial charge in [0.05, 0.1) is 12.2 Å². The molecule has 20 heavy (non-hydrogen) atoms. The lowest BCUT2D eigenvalue weighted by Gasteiger charge is -2.30. The largest absolute Gasteiger partial charge is 0.323 e. The molecule has 0 saturated carbocycles. The second kappa shape index (κ2) is 8.66. The van der Waals surface area contributed by atoms with Gasteiger partial charge in [-0.3, -0.25) is 10.1 Å². The third kappa shape index (κ3) is 4.76. The maximum absolute atomic E-state index is 12.6. The van der Waals surface area contributed by atoms with Gasteiger partial charge in [0.1, 0.15) is 0 Å². The van der Waals surface area contributed by atoms with Crippen molar-refractivity contribution in [2.75, 3.05) is 0 Å². The minimum atomic E-state index is 0.0625. The summed E-state index contributed by atoms with van der Waals surface area (Å²) >= 11 is 0. The zero-order valence-corrected chi connectivity index (χ0v) is 14.1. The molecule has 0 aliphatic carbocycles. The minimum Gasteiger partial charge on any atom is -0.323 e. The number of unbranched alkanes of at least 4 members (excludes halogenated alkanes) is 1. The van der Waals surface area contributed by atoms with Crippen molar-refractivity contribution in [1.82, 2.24) is 10.2 Å². The Balaban J connectivity index is 2.54. The van der Waals surface area contributed by atoms with Crippen molar-refractivity contribution >= 4 is 5.91 Å². The van der Waals surface area contributed by atoms with Crippen LogP contribution in [0.1, 0.15) is 79.6 Å². The third-order valence-corrected chi connectivity index (χ3v) is 4.39. The van der Waals surface area contributed by atoms with Gasteiger partial charge in [0.25, 0.3) is 0 Å². The van der Waals surface area contributed by atoms with Crippen LogP contribution in [0.25, 0.3) is 0 Å². The molecule has 3 heteroatoms. The monoisotopic (exact) mass is 282 g/mol. The summed E-state index contributed by atoms with van der Waals surface area (Å²) in [5, 5.41) is 3.53. The van der Waals surface area contributed by atoms with Gasteiger partial charge in [-0.25, -0.2) is 0 Å². The van der Waals surface area contributed by atoms with Crippen molar-refractivity contribution in [1.29, 1.82) is 0 Å². The fourth-order valence-corrected chi connectivity index (χ4v) is 3.13. The first-order valence-electron chi connectivity index (χ1n) is 8.59. The molecular formula is C17H34N2O. The topological polar surface area (TPSA) is 32.3 Å². The van der Waals surface area contributed by atoms with Crippen molar-refractivity contribution in [2.45, 2.75) is 97.8 Å². The molecule has 1 heterocycles. The van der Waals surface area contributed by atoms with Crippen LogP contribution < -0.4 is 5.32 Å². The number of rotatable bonds is 9. The number of nitrogens with one attached hydrogen (secondary N) is 1. The summed E-state index contributed by atoms with van der Waals surface area (Å²) in [6.45, 7) is 11.1. The van der Waals surface area contributed by atoms with Gasteiger partial charge in [-0.2, -0.15) is 0 Å². The summed E-state index contributed by atoms with van der Waals surface area (Å²) in [5.41, 5.74) is 0. The van der Waals surface area contributed by atoms with Crippen LogP contribution >= 0.6 is 0 Å². The van der Waals surface area contributed by atoms with Crippen LogP contribution in [-0.4, -0.2) is 29.1 Å². The summed E-state index contributed by atoms with van der Waals surface area (Å²) < 4.78 is 0. The zero-order chi connectivity index (χ0) is 15.1. The molecule has 3 unspecified atom stereocenters. The lowest BCUT2D eigenvalue weighted by atomic mass is 10.0. The Hall–Kier alpha value is -0.570. The maximum Gasteiger partial charge on any atom is 0.241 e. The van der Waals surface area contributed by atoms with E-state index in [0.29, 0.717) is 11.9 Å². The number of carbonyl (C=O) groups is 1. The quantitative estimate of drug-likeness (QED) is 0.695. The summed E-state index contributed by atoms with van der Waals surface area (Å²) in [4.78, 5) is 14.7. The number of nitrogens with zero attached hydrogens (tertiary/aromatic N) is 1. The second-order valence-corrected chi connectivity index (χ2v) is 6.70. The Morgan fingerprint density at radius 2 is 1.85 bits per heavy atom. The predicted molar refractivity (Wildman–Crippen MR) is 85.5 cm³/mol. The maximum atomic E-state index is 12.6. The average Bonchev–Trinajstić information content (AvgIpc) is 2.72. The standard InChI is InChI=1S/C17H34N2O/c1-6-8-12-15-17(20)19(16(7-2)18-15)14(5)11-9-10-13(3)4/h13-16,18H,6-12H2,1-5H3. The van der Waals surface area contributed by atoms with E-state index in [0.717, 1.165) is 38.0 Å². The Morgan fingerprint density at radius 3 is 2.40 bits per heavy atom. The molecule has 0 aromatic heterocycles. The Bertz CT molecular complexity index is 291. The number of hydrogen-bond acceptors (Lipinski definition) is 2. The SMILES string of the molecule is CCCCC1NC(CC)N(C(C)CCCC(C)C)C1=O. The molecule has 118 valence electrons. The first-order chi connectivity index (χ1) is 9.51. The minimum absolute atomic E-state index is 0.0625. The van der Waals surface area contributed by atoms with Gasteiger partial charge >= 0.3 is 0 Å². The highest BCUT2D eigenvalue weighted by molar-refractivity contribution is 5.84. The van der Waals surface area contributed by atoms with E-state index in [9.17, 15) is 4.79 Å². The van der Waals surface area contributed by atoms with Crippen LogP contribution in [0.3, 0.4) is 0 Å². The molecule has 1 amide bonds. The number of carbonyl (C=O) groups excluding carboxylic acids is 1. The van der Waals surface area contributed by atoms with E-state index in [1.165, 1.54) is 12.8 Å². The van der Waals surface area contributed by atoms with Crippen molar-refractivity contribution in [2.24, 2.45) is 5.92 Å². The van der Waals surface area contributed by atoms with E-state index in [-0.39, 0.29) is 12.2 Å². The lowest BCUT2D eigenvalue weighted by molar-refractivity contribution is -0.132. The van der Waals surface area contributed by atoms with Crippen molar-refractivity contribution in [3.63, 3.8) is 0 Å². The highest BCUT2D eigenvalue weighted by atomic mass is 16.2. The molecule has 3 nitrogen and oxygen atoms in total.